The number of H-pyrrole nitrogens is 1. The van der Waals surface area contributed by atoms with Crippen LogP contribution in [0.3, 0.4) is 0 Å². The minimum absolute atomic E-state index is 0.0183. The molecule has 8 N–H and O–H groups in total. The molecule has 13 nitrogen and oxygen atoms in total. The van der Waals surface area contributed by atoms with Crippen molar-refractivity contribution in [2.75, 3.05) is 0 Å². The van der Waals surface area contributed by atoms with Crippen molar-refractivity contribution in [3.63, 3.8) is 0 Å². The summed E-state index contributed by atoms with van der Waals surface area (Å²) in [6.45, 7) is 1.41. The number of aliphatic carboxylic acids is 1. The van der Waals surface area contributed by atoms with E-state index in [2.05, 4.69) is 30.7 Å². The molecule has 13 heteroatoms. The number of hydrogen-bond donors (Lipinski definition) is 7. The minimum Gasteiger partial charge on any atom is -0.508 e. The Labute approximate surface area is 188 Å². The molecule has 3 aromatic rings. The maximum atomic E-state index is 12.5. The normalized spacial score (nSPS) is 14.8. The molecule has 0 aliphatic carbocycles. The van der Waals surface area contributed by atoms with Gasteiger partial charge < -0.3 is 41.2 Å². The van der Waals surface area contributed by atoms with Crippen molar-refractivity contribution in [1.82, 2.24) is 30.7 Å². The number of imidazole rings is 1. The van der Waals surface area contributed by atoms with E-state index in [1.54, 1.807) is 18.3 Å². The number of amides is 2. The fraction of sp³-hybridized carbons (Fsp3) is 0.350. The Bertz CT molecular complexity index is 1050. The van der Waals surface area contributed by atoms with Crippen molar-refractivity contribution in [2.24, 2.45) is 5.73 Å². The summed E-state index contributed by atoms with van der Waals surface area (Å²) in [4.78, 5) is 35.1. The van der Waals surface area contributed by atoms with E-state index in [9.17, 15) is 24.9 Å². The third kappa shape index (κ3) is 6.51. The summed E-state index contributed by atoms with van der Waals surface area (Å²) >= 11 is 0. The maximum absolute atomic E-state index is 12.5. The highest BCUT2D eigenvalue weighted by atomic mass is 16.5. The highest BCUT2D eigenvalue weighted by Gasteiger charge is 2.29. The van der Waals surface area contributed by atoms with Crippen molar-refractivity contribution < 1.29 is 29.4 Å². The number of aliphatic hydroxyl groups is 1. The zero-order valence-electron chi connectivity index (χ0n) is 17.7. The van der Waals surface area contributed by atoms with E-state index in [0.29, 0.717) is 12.0 Å². The number of nitrogens with one attached hydrogen (secondary N) is 3. The molecule has 0 fully saturated rings. The monoisotopic (exact) mass is 459 g/mol. The second-order valence-corrected chi connectivity index (χ2v) is 7.48. The fourth-order valence-corrected chi connectivity index (χ4v) is 3.05. The van der Waals surface area contributed by atoms with Crippen LogP contribution in [0.15, 0.2) is 41.3 Å². The summed E-state index contributed by atoms with van der Waals surface area (Å²) in [7, 11) is 0. The molecule has 0 bridgehead atoms. The van der Waals surface area contributed by atoms with Crippen molar-refractivity contribution >= 4 is 12.0 Å². The van der Waals surface area contributed by atoms with Crippen LogP contribution in [0, 0.1) is 0 Å². The lowest BCUT2D eigenvalue weighted by Crippen LogP contribution is -2.49. The number of aromatic amines is 1. The Morgan fingerprint density at radius 3 is 2.55 bits per heavy atom. The molecule has 2 amide bonds. The van der Waals surface area contributed by atoms with E-state index in [1.807, 2.05) is 0 Å². The predicted molar refractivity (Wildman–Crippen MR) is 113 cm³/mol. The second kappa shape index (κ2) is 10.6. The smallest absolute Gasteiger partial charge is 0.326 e. The van der Waals surface area contributed by atoms with E-state index >= 15 is 0 Å². The van der Waals surface area contributed by atoms with E-state index in [-0.39, 0.29) is 23.9 Å². The van der Waals surface area contributed by atoms with Gasteiger partial charge in [0.1, 0.15) is 17.8 Å². The van der Waals surface area contributed by atoms with Gasteiger partial charge in [-0.2, -0.15) is 4.98 Å². The van der Waals surface area contributed by atoms with Crippen LogP contribution in [-0.4, -0.2) is 59.6 Å². The Balaban J connectivity index is 1.64. The number of carbonyl (C=O) groups excluding carboxylic acids is 1. The number of benzene rings is 1. The van der Waals surface area contributed by atoms with Gasteiger partial charge in [-0.05, 0) is 24.6 Å². The lowest BCUT2D eigenvalue weighted by atomic mass is 10.1. The number of aromatic nitrogens is 4. The summed E-state index contributed by atoms with van der Waals surface area (Å²) in [5.41, 5.74) is 7.45. The van der Waals surface area contributed by atoms with Crippen LogP contribution in [0.1, 0.15) is 42.0 Å². The maximum Gasteiger partial charge on any atom is 0.326 e. The van der Waals surface area contributed by atoms with Gasteiger partial charge in [0.15, 0.2) is 5.82 Å². The SMILES string of the molecule is CC(O)[C@H](NC(=O)N[C@@H](Cc1ccc(O)cc1)C(=O)O)c1nc([C@@H](N)Cc2cnc[nH]2)no1. The first-order valence-electron chi connectivity index (χ1n) is 10.0. The Morgan fingerprint density at radius 1 is 1.21 bits per heavy atom. The Kier molecular flexibility index (Phi) is 7.58. The number of carboxylic acid groups (broad SMARTS) is 1. The first-order valence-corrected chi connectivity index (χ1v) is 10.0. The van der Waals surface area contributed by atoms with Gasteiger partial charge in [0.2, 0.25) is 0 Å². The zero-order chi connectivity index (χ0) is 24.0. The standard InChI is InChI=1S/C20H25N7O6/c1-10(28)16(18-26-17(27-33-18)14(21)7-12-8-22-9-23-12)25-20(32)24-15(19(30)31)6-11-2-4-13(29)5-3-11/h2-5,8-10,14-16,28-29H,6-7,21H2,1H3,(H,22,23)(H,30,31)(H2,24,25,32)/t10?,14-,15-,16-/m0/s1. The van der Waals surface area contributed by atoms with Crippen LogP contribution in [0.25, 0.3) is 0 Å². The van der Waals surface area contributed by atoms with E-state index in [1.165, 1.54) is 25.4 Å². The molecule has 0 aliphatic rings. The molecule has 0 saturated carbocycles. The molecule has 2 aromatic heterocycles. The van der Waals surface area contributed by atoms with Gasteiger partial charge in [0, 0.05) is 24.7 Å². The second-order valence-electron chi connectivity index (χ2n) is 7.48. The summed E-state index contributed by atoms with van der Waals surface area (Å²) in [6.07, 6.45) is 2.34. The van der Waals surface area contributed by atoms with Crippen molar-refractivity contribution in [1.29, 1.82) is 0 Å². The van der Waals surface area contributed by atoms with Gasteiger partial charge in [-0.1, -0.05) is 17.3 Å². The zero-order valence-corrected chi connectivity index (χ0v) is 17.7. The number of aliphatic hydroxyl groups excluding tert-OH is 1. The van der Waals surface area contributed by atoms with E-state index < -0.39 is 36.2 Å². The average Bonchev–Trinajstić information content (AvgIpc) is 3.45. The summed E-state index contributed by atoms with van der Waals surface area (Å²) < 4.78 is 5.18. The number of phenols is 1. The van der Waals surface area contributed by atoms with Crippen LogP contribution in [0.2, 0.25) is 0 Å². The lowest BCUT2D eigenvalue weighted by Gasteiger charge is -2.20. The number of nitrogens with two attached hydrogens (primary N) is 1. The highest BCUT2D eigenvalue weighted by molar-refractivity contribution is 5.83. The first kappa shape index (κ1) is 23.7. The number of rotatable bonds is 10. The number of carbonyl (C=O) groups is 2. The third-order valence-electron chi connectivity index (χ3n) is 4.80. The van der Waals surface area contributed by atoms with Gasteiger partial charge in [-0.15, -0.1) is 0 Å². The molecule has 0 spiro atoms. The largest absolute Gasteiger partial charge is 0.508 e. The van der Waals surface area contributed by atoms with Crippen molar-refractivity contribution in [2.45, 2.75) is 44.0 Å². The molecular formula is C20H25N7O6. The molecule has 3 rings (SSSR count). The number of phenolic OH excluding ortho intramolecular Hbond substituents is 1. The highest BCUT2D eigenvalue weighted by Crippen LogP contribution is 2.19. The number of hydrogen-bond acceptors (Lipinski definition) is 9. The van der Waals surface area contributed by atoms with Gasteiger partial charge in [-0.3, -0.25) is 0 Å². The van der Waals surface area contributed by atoms with Crippen LogP contribution >= 0.6 is 0 Å². The van der Waals surface area contributed by atoms with Gasteiger partial charge >= 0.3 is 12.0 Å². The van der Waals surface area contributed by atoms with Crippen LogP contribution in [0.4, 0.5) is 4.79 Å². The predicted octanol–water partition coefficient (Wildman–Crippen LogP) is 0.158. The first-order chi connectivity index (χ1) is 15.7. The summed E-state index contributed by atoms with van der Waals surface area (Å²) in [5.74, 6) is -1.13. The number of carboxylic acids is 1. The molecule has 1 unspecified atom stereocenters. The summed E-state index contributed by atoms with van der Waals surface area (Å²) in [6, 6.07) is 2.11. The molecule has 0 radical (unpaired) electrons. The minimum atomic E-state index is -1.26. The van der Waals surface area contributed by atoms with Gasteiger partial charge in [-0.25, -0.2) is 14.6 Å². The number of aromatic hydroxyl groups is 1. The summed E-state index contributed by atoms with van der Waals surface area (Å²) in [5, 5.41) is 37.6. The molecular weight excluding hydrogens is 434 g/mol. The van der Waals surface area contributed by atoms with Crippen LogP contribution in [0.5, 0.6) is 5.75 Å². The molecule has 33 heavy (non-hydrogen) atoms. The van der Waals surface area contributed by atoms with Crippen LogP contribution in [-0.2, 0) is 17.6 Å². The fourth-order valence-electron chi connectivity index (χ4n) is 3.05. The third-order valence-corrected chi connectivity index (χ3v) is 4.80. The molecule has 2 heterocycles. The van der Waals surface area contributed by atoms with E-state index in [4.69, 9.17) is 10.3 Å². The molecule has 4 atom stereocenters. The molecule has 1 aromatic carbocycles. The average molecular weight is 459 g/mol. The Morgan fingerprint density at radius 2 is 1.94 bits per heavy atom. The quantitative estimate of drug-likeness (QED) is 0.218. The van der Waals surface area contributed by atoms with Crippen molar-refractivity contribution in [3.8, 4) is 5.75 Å². The molecule has 0 aliphatic heterocycles. The molecule has 176 valence electrons. The van der Waals surface area contributed by atoms with Gasteiger partial charge in [0.05, 0.1) is 18.5 Å². The lowest BCUT2D eigenvalue weighted by molar-refractivity contribution is -0.139. The van der Waals surface area contributed by atoms with Crippen molar-refractivity contribution in [3.05, 3.63) is 59.8 Å². The number of nitrogens with zero attached hydrogens (tertiary/aromatic N) is 3. The van der Waals surface area contributed by atoms with Crippen LogP contribution < -0.4 is 16.4 Å². The topological polar surface area (TPSA) is 213 Å². The Hall–Kier alpha value is -3.97. The van der Waals surface area contributed by atoms with E-state index in [0.717, 1.165) is 5.69 Å². The van der Waals surface area contributed by atoms with Gasteiger partial charge in [0.25, 0.3) is 5.89 Å². The number of urea groups is 1. The molecule has 0 saturated heterocycles.